The first-order chi connectivity index (χ1) is 9.54. The maximum atomic E-state index is 3.62. The van der Waals surface area contributed by atoms with Gasteiger partial charge in [-0.3, -0.25) is 4.99 Å². The predicted molar refractivity (Wildman–Crippen MR) is 104 cm³/mol. The smallest absolute Gasteiger partial charge is 0.0817 e. The predicted octanol–water partition coefficient (Wildman–Crippen LogP) is 6.56. The summed E-state index contributed by atoms with van der Waals surface area (Å²) in [6, 6.07) is 0. The van der Waals surface area contributed by atoms with Crippen molar-refractivity contribution in [3.05, 3.63) is 0 Å². The first-order valence-corrected chi connectivity index (χ1v) is 8.62. The zero-order valence-corrected chi connectivity index (χ0v) is 17.4. The van der Waals surface area contributed by atoms with E-state index in [9.17, 15) is 0 Å². The minimum atomic E-state index is 0.550. The molecule has 0 aliphatic rings. The largest absolute Gasteiger partial charge is 0.380 e. The van der Waals surface area contributed by atoms with Gasteiger partial charge in [-0.2, -0.15) is 0 Å². The SMILES string of the molecule is CC.CCCC(C)(C)C.CCCC(C)(C)C.CN=CNC. The molecule has 0 aromatic carbocycles. The van der Waals surface area contributed by atoms with E-state index in [0.717, 1.165) is 0 Å². The van der Waals surface area contributed by atoms with Crippen molar-refractivity contribution in [2.24, 2.45) is 15.8 Å². The summed E-state index contributed by atoms with van der Waals surface area (Å²) in [5.74, 6) is 0. The van der Waals surface area contributed by atoms with Gasteiger partial charge >= 0.3 is 0 Å². The lowest BCUT2D eigenvalue weighted by atomic mass is 9.91. The van der Waals surface area contributed by atoms with E-state index in [0.29, 0.717) is 10.8 Å². The maximum Gasteiger partial charge on any atom is 0.0817 e. The second kappa shape index (κ2) is 19.5. The molecule has 0 bridgehead atoms. The normalized spacial score (nSPS) is 10.5. The average molecular weight is 303 g/mol. The molecule has 2 heteroatoms. The number of aliphatic imine (C=N–C) groups is 1. The molecule has 0 aliphatic carbocycles. The summed E-state index contributed by atoms with van der Waals surface area (Å²) < 4.78 is 0. The van der Waals surface area contributed by atoms with Crippen LogP contribution in [0.4, 0.5) is 0 Å². The van der Waals surface area contributed by atoms with Crippen molar-refractivity contribution in [2.75, 3.05) is 14.1 Å². The van der Waals surface area contributed by atoms with Crippen molar-refractivity contribution in [3.8, 4) is 0 Å². The lowest BCUT2D eigenvalue weighted by molar-refractivity contribution is 0.373. The van der Waals surface area contributed by atoms with E-state index in [1.54, 1.807) is 13.4 Å². The Morgan fingerprint density at radius 1 is 0.810 bits per heavy atom. The Hall–Kier alpha value is -0.530. The van der Waals surface area contributed by atoms with Crippen LogP contribution in [0, 0.1) is 10.8 Å². The van der Waals surface area contributed by atoms with Crippen molar-refractivity contribution >= 4 is 6.34 Å². The molecule has 132 valence electrons. The molecule has 2 nitrogen and oxygen atoms in total. The van der Waals surface area contributed by atoms with Crippen LogP contribution in [0.5, 0.6) is 0 Å². The topological polar surface area (TPSA) is 24.4 Å². The van der Waals surface area contributed by atoms with Gasteiger partial charge in [0.1, 0.15) is 0 Å². The van der Waals surface area contributed by atoms with Crippen LogP contribution in [-0.2, 0) is 0 Å². The number of nitrogens with one attached hydrogen (secondary N) is 1. The van der Waals surface area contributed by atoms with Gasteiger partial charge in [-0.05, 0) is 23.7 Å². The molecule has 1 N–H and O–H groups in total. The lowest BCUT2D eigenvalue weighted by Gasteiger charge is -2.15. The standard InChI is InChI=1S/2C7H16.C3H8N2.C2H6/c2*1-5-6-7(2,3)4;1-4-3-5-2;1-2/h2*5-6H2,1-4H3;3H,1-2H3,(H,4,5);1-2H3. The summed E-state index contributed by atoms with van der Waals surface area (Å²) in [5, 5.41) is 2.73. The third kappa shape index (κ3) is 66.3. The fourth-order valence-electron chi connectivity index (χ4n) is 1.63. The highest BCUT2D eigenvalue weighted by atomic mass is 14.9. The summed E-state index contributed by atoms with van der Waals surface area (Å²) in [7, 11) is 3.53. The van der Waals surface area contributed by atoms with Gasteiger partial charge in [0.2, 0.25) is 0 Å². The molecule has 0 aromatic rings. The third-order valence-corrected chi connectivity index (χ3v) is 2.26. The quantitative estimate of drug-likeness (QED) is 0.463. The van der Waals surface area contributed by atoms with E-state index in [2.05, 4.69) is 65.7 Å². The van der Waals surface area contributed by atoms with Crippen molar-refractivity contribution in [1.29, 1.82) is 0 Å². The van der Waals surface area contributed by atoms with Gasteiger partial charge in [0.15, 0.2) is 0 Å². The Morgan fingerprint density at radius 2 is 1.10 bits per heavy atom. The molecular weight excluding hydrogens is 256 g/mol. The highest BCUT2D eigenvalue weighted by Crippen LogP contribution is 2.19. The molecule has 0 heterocycles. The van der Waals surface area contributed by atoms with Gasteiger partial charge in [-0.1, -0.05) is 82.1 Å². The molecule has 0 aliphatic heterocycles. The van der Waals surface area contributed by atoms with Gasteiger partial charge in [0.25, 0.3) is 0 Å². The molecule has 0 radical (unpaired) electrons. The Kier molecular flexibility index (Phi) is 26.5. The first-order valence-electron chi connectivity index (χ1n) is 8.62. The summed E-state index contributed by atoms with van der Waals surface area (Å²) in [4.78, 5) is 3.62. The van der Waals surface area contributed by atoms with E-state index in [-0.39, 0.29) is 0 Å². The highest BCUT2D eigenvalue weighted by Gasteiger charge is 2.06. The van der Waals surface area contributed by atoms with Gasteiger partial charge in [0.05, 0.1) is 6.34 Å². The molecule has 0 saturated heterocycles. The monoisotopic (exact) mass is 302 g/mol. The Balaban J connectivity index is -0.0000000986. The molecular formula is C19H46N2. The van der Waals surface area contributed by atoms with Gasteiger partial charge in [0, 0.05) is 14.1 Å². The van der Waals surface area contributed by atoms with E-state index in [1.807, 2.05) is 20.9 Å². The highest BCUT2D eigenvalue weighted by molar-refractivity contribution is 5.52. The maximum absolute atomic E-state index is 3.62. The molecule has 0 spiro atoms. The molecule has 0 fully saturated rings. The van der Waals surface area contributed by atoms with Gasteiger partial charge in [-0.25, -0.2) is 0 Å². The molecule has 0 rings (SSSR count). The van der Waals surface area contributed by atoms with Crippen molar-refractivity contribution in [3.63, 3.8) is 0 Å². The number of rotatable bonds is 3. The summed E-state index contributed by atoms with van der Waals surface area (Å²) >= 11 is 0. The summed E-state index contributed by atoms with van der Waals surface area (Å²) in [5.41, 5.74) is 1.10. The fourth-order valence-corrected chi connectivity index (χ4v) is 1.63. The molecule has 0 saturated carbocycles. The summed E-state index contributed by atoms with van der Waals surface area (Å²) in [6.45, 7) is 22.1. The Labute approximate surface area is 137 Å². The van der Waals surface area contributed by atoms with Crippen LogP contribution in [0.1, 0.15) is 94.9 Å². The molecule has 0 unspecified atom stereocenters. The van der Waals surface area contributed by atoms with Crippen molar-refractivity contribution in [1.82, 2.24) is 5.32 Å². The van der Waals surface area contributed by atoms with Gasteiger partial charge < -0.3 is 5.32 Å². The van der Waals surface area contributed by atoms with E-state index >= 15 is 0 Å². The first kappa shape index (κ1) is 28.6. The second-order valence-electron chi connectivity index (χ2n) is 7.30. The van der Waals surface area contributed by atoms with Crippen LogP contribution >= 0.6 is 0 Å². The average Bonchev–Trinajstić information content (AvgIpc) is 2.31. The molecule has 0 aromatic heterocycles. The lowest BCUT2D eigenvalue weighted by Crippen LogP contribution is -2.02. The summed E-state index contributed by atoms with van der Waals surface area (Å²) in [6.07, 6.45) is 6.92. The van der Waals surface area contributed by atoms with Crippen LogP contribution in [0.15, 0.2) is 4.99 Å². The number of nitrogens with zero attached hydrogens (tertiary/aromatic N) is 1. The van der Waals surface area contributed by atoms with Crippen molar-refractivity contribution in [2.45, 2.75) is 94.9 Å². The minimum absolute atomic E-state index is 0.550. The molecule has 0 atom stereocenters. The van der Waals surface area contributed by atoms with Crippen LogP contribution < -0.4 is 5.32 Å². The zero-order chi connectivity index (χ0) is 17.9. The van der Waals surface area contributed by atoms with E-state index in [4.69, 9.17) is 0 Å². The van der Waals surface area contributed by atoms with Gasteiger partial charge in [-0.15, -0.1) is 0 Å². The second-order valence-corrected chi connectivity index (χ2v) is 7.30. The fraction of sp³-hybridized carbons (Fsp3) is 0.947. The third-order valence-electron chi connectivity index (χ3n) is 2.26. The number of hydrogen-bond donors (Lipinski definition) is 1. The van der Waals surface area contributed by atoms with Crippen LogP contribution in [0.3, 0.4) is 0 Å². The van der Waals surface area contributed by atoms with E-state index < -0.39 is 0 Å². The molecule has 0 amide bonds. The van der Waals surface area contributed by atoms with Crippen molar-refractivity contribution < 1.29 is 0 Å². The molecule has 21 heavy (non-hydrogen) atoms. The van der Waals surface area contributed by atoms with E-state index in [1.165, 1.54) is 25.7 Å². The Morgan fingerprint density at radius 3 is 1.10 bits per heavy atom. The number of hydrogen-bond acceptors (Lipinski definition) is 1. The zero-order valence-electron chi connectivity index (χ0n) is 17.4. The Bertz CT molecular complexity index is 167. The van der Waals surface area contributed by atoms with Crippen LogP contribution in [0.25, 0.3) is 0 Å². The minimum Gasteiger partial charge on any atom is -0.380 e. The van der Waals surface area contributed by atoms with Crippen LogP contribution in [-0.4, -0.2) is 20.4 Å². The van der Waals surface area contributed by atoms with Crippen LogP contribution in [0.2, 0.25) is 0 Å².